The second-order valence-electron chi connectivity index (χ2n) is 6.34. The van der Waals surface area contributed by atoms with Gasteiger partial charge in [-0.05, 0) is 30.5 Å². The molecule has 23 heavy (non-hydrogen) atoms. The summed E-state index contributed by atoms with van der Waals surface area (Å²) in [6, 6.07) is 4.76. The summed E-state index contributed by atoms with van der Waals surface area (Å²) in [7, 11) is 3.12. The number of nitrogens with zero attached hydrogens (tertiary/aromatic N) is 2. The van der Waals surface area contributed by atoms with Crippen LogP contribution in [-0.4, -0.2) is 46.8 Å². The third-order valence-corrected chi connectivity index (χ3v) is 5.26. The van der Waals surface area contributed by atoms with Crippen LogP contribution in [0.5, 0.6) is 0 Å². The number of nitrogens with one attached hydrogen (secondary N) is 1. The Morgan fingerprint density at radius 1 is 1.17 bits per heavy atom. The summed E-state index contributed by atoms with van der Waals surface area (Å²) in [6.45, 7) is 4.12. The molecular weight excluding hydrogens is 314 g/mol. The number of benzene rings is 1. The lowest BCUT2D eigenvalue weighted by Crippen LogP contribution is -2.23. The molecule has 0 heterocycles. The van der Waals surface area contributed by atoms with Crippen molar-refractivity contribution in [3.05, 3.63) is 18.2 Å². The molecule has 0 aliphatic carbocycles. The Labute approximate surface area is 139 Å². The number of anilines is 2. The van der Waals surface area contributed by atoms with Crippen molar-refractivity contribution in [3.8, 4) is 0 Å². The average Bonchev–Trinajstić information content (AvgIpc) is 2.44. The highest BCUT2D eigenvalue weighted by molar-refractivity contribution is 7.89. The first kappa shape index (κ1) is 19.4. The monoisotopic (exact) mass is 341 g/mol. The molecule has 0 unspecified atom stereocenters. The van der Waals surface area contributed by atoms with Crippen molar-refractivity contribution < 1.29 is 13.2 Å². The number of amides is 1. The number of carbonyl (C=O) groups excluding carboxylic acids is 1. The molecule has 1 aromatic rings. The highest BCUT2D eigenvalue weighted by atomic mass is 32.2. The molecule has 1 aromatic carbocycles. The van der Waals surface area contributed by atoms with Gasteiger partial charge >= 0.3 is 0 Å². The quantitative estimate of drug-likeness (QED) is 0.827. The molecule has 1 N–H and O–H groups in total. The predicted molar refractivity (Wildman–Crippen MR) is 94.3 cm³/mol. The van der Waals surface area contributed by atoms with Crippen LogP contribution in [0.2, 0.25) is 0 Å². The molecule has 0 radical (unpaired) electrons. The molecule has 0 bridgehead atoms. The molecule has 0 saturated heterocycles. The highest BCUT2D eigenvalue weighted by Crippen LogP contribution is 2.28. The van der Waals surface area contributed by atoms with Crippen molar-refractivity contribution in [1.82, 2.24) is 4.31 Å². The fourth-order valence-corrected chi connectivity index (χ4v) is 2.94. The Hall–Kier alpha value is -1.60. The molecule has 0 atom stereocenters. The summed E-state index contributed by atoms with van der Waals surface area (Å²) >= 11 is 0. The highest BCUT2D eigenvalue weighted by Gasteiger charge is 2.20. The minimum Gasteiger partial charge on any atom is -0.376 e. The largest absolute Gasteiger partial charge is 0.376 e. The van der Waals surface area contributed by atoms with Crippen molar-refractivity contribution in [3.63, 3.8) is 0 Å². The van der Waals surface area contributed by atoms with Gasteiger partial charge in [-0.2, -0.15) is 0 Å². The SMILES string of the molecule is CC(C)CCC(=O)Nc1cc(S(=O)(=O)N(C)C)ccc1N(C)C. The van der Waals surface area contributed by atoms with Crippen LogP contribution in [0, 0.1) is 5.92 Å². The van der Waals surface area contributed by atoms with Gasteiger partial charge in [-0.15, -0.1) is 0 Å². The summed E-state index contributed by atoms with van der Waals surface area (Å²) in [6.07, 6.45) is 1.20. The molecule has 130 valence electrons. The maximum atomic E-state index is 12.3. The zero-order valence-corrected chi connectivity index (χ0v) is 15.6. The smallest absolute Gasteiger partial charge is 0.242 e. The standard InChI is InChI=1S/C16H27N3O3S/c1-12(2)7-10-16(20)17-14-11-13(23(21,22)19(5)6)8-9-15(14)18(3)4/h8-9,11-12H,7,10H2,1-6H3,(H,17,20). The normalized spacial score (nSPS) is 11.8. The van der Waals surface area contributed by atoms with Crippen molar-refractivity contribution in [2.45, 2.75) is 31.6 Å². The van der Waals surface area contributed by atoms with Crippen molar-refractivity contribution in [2.24, 2.45) is 5.92 Å². The van der Waals surface area contributed by atoms with Crippen LogP contribution >= 0.6 is 0 Å². The van der Waals surface area contributed by atoms with Crippen LogP contribution in [0.25, 0.3) is 0 Å². The Bertz CT molecular complexity index is 653. The number of carbonyl (C=O) groups is 1. The van der Waals surface area contributed by atoms with E-state index in [1.54, 1.807) is 12.1 Å². The summed E-state index contributed by atoms with van der Waals surface area (Å²) < 4.78 is 25.7. The number of hydrogen-bond donors (Lipinski definition) is 1. The Balaban J connectivity index is 3.14. The molecule has 0 aliphatic rings. The lowest BCUT2D eigenvalue weighted by molar-refractivity contribution is -0.116. The van der Waals surface area contributed by atoms with E-state index in [-0.39, 0.29) is 10.8 Å². The van der Waals surface area contributed by atoms with E-state index in [4.69, 9.17) is 0 Å². The van der Waals surface area contributed by atoms with Gasteiger partial charge in [-0.25, -0.2) is 12.7 Å². The third-order valence-electron chi connectivity index (χ3n) is 3.45. The number of sulfonamides is 1. The van der Waals surface area contributed by atoms with Gasteiger partial charge in [0.2, 0.25) is 15.9 Å². The predicted octanol–water partition coefficient (Wildman–Crippen LogP) is 2.38. The van der Waals surface area contributed by atoms with Crippen LogP contribution < -0.4 is 10.2 Å². The average molecular weight is 341 g/mol. The third kappa shape index (κ3) is 5.21. The summed E-state index contributed by atoms with van der Waals surface area (Å²) in [5, 5.41) is 2.84. The van der Waals surface area contributed by atoms with E-state index < -0.39 is 10.0 Å². The van der Waals surface area contributed by atoms with E-state index in [9.17, 15) is 13.2 Å². The zero-order valence-electron chi connectivity index (χ0n) is 14.8. The second-order valence-corrected chi connectivity index (χ2v) is 8.49. The van der Waals surface area contributed by atoms with E-state index in [0.717, 1.165) is 16.4 Å². The van der Waals surface area contributed by atoms with Gasteiger partial charge < -0.3 is 10.2 Å². The Morgan fingerprint density at radius 3 is 2.26 bits per heavy atom. The summed E-state index contributed by atoms with van der Waals surface area (Å²) in [5.41, 5.74) is 1.27. The molecule has 6 nitrogen and oxygen atoms in total. The Kier molecular flexibility index (Phi) is 6.58. The molecule has 1 amide bonds. The van der Waals surface area contributed by atoms with Gasteiger partial charge in [0, 0.05) is 34.6 Å². The van der Waals surface area contributed by atoms with Crippen LogP contribution in [0.4, 0.5) is 11.4 Å². The minimum atomic E-state index is -3.54. The van der Waals surface area contributed by atoms with E-state index in [1.165, 1.54) is 20.2 Å². The first-order valence-corrected chi connectivity index (χ1v) is 9.03. The zero-order chi connectivity index (χ0) is 17.8. The lowest BCUT2D eigenvalue weighted by atomic mass is 10.1. The van der Waals surface area contributed by atoms with E-state index in [0.29, 0.717) is 18.0 Å². The van der Waals surface area contributed by atoms with Crippen molar-refractivity contribution in [1.29, 1.82) is 0 Å². The minimum absolute atomic E-state index is 0.110. The van der Waals surface area contributed by atoms with E-state index in [2.05, 4.69) is 19.2 Å². The molecule has 0 aliphatic heterocycles. The molecule has 0 aromatic heterocycles. The van der Waals surface area contributed by atoms with Crippen molar-refractivity contribution in [2.75, 3.05) is 38.4 Å². The van der Waals surface area contributed by atoms with Crippen LogP contribution in [-0.2, 0) is 14.8 Å². The maximum Gasteiger partial charge on any atom is 0.242 e. The van der Waals surface area contributed by atoms with E-state index >= 15 is 0 Å². The van der Waals surface area contributed by atoms with Crippen molar-refractivity contribution >= 4 is 27.3 Å². The number of hydrogen-bond acceptors (Lipinski definition) is 4. The second kappa shape index (κ2) is 7.79. The first-order valence-electron chi connectivity index (χ1n) is 7.59. The fraction of sp³-hybridized carbons (Fsp3) is 0.562. The van der Waals surface area contributed by atoms with Gasteiger partial charge in [-0.1, -0.05) is 13.8 Å². The summed E-state index contributed by atoms with van der Waals surface area (Å²) in [5.74, 6) is 0.329. The van der Waals surface area contributed by atoms with Gasteiger partial charge in [0.15, 0.2) is 0 Å². The summed E-state index contributed by atoms with van der Waals surface area (Å²) in [4.78, 5) is 14.1. The Morgan fingerprint density at radius 2 is 1.78 bits per heavy atom. The molecule has 7 heteroatoms. The van der Waals surface area contributed by atoms with E-state index in [1.807, 2.05) is 19.0 Å². The molecule has 0 spiro atoms. The molecule has 1 rings (SSSR count). The lowest BCUT2D eigenvalue weighted by Gasteiger charge is -2.20. The van der Waals surface area contributed by atoms with Gasteiger partial charge in [0.1, 0.15) is 0 Å². The molecule has 0 fully saturated rings. The fourth-order valence-electron chi connectivity index (χ4n) is 2.01. The van der Waals surface area contributed by atoms with Gasteiger partial charge in [-0.3, -0.25) is 4.79 Å². The maximum absolute atomic E-state index is 12.3. The topological polar surface area (TPSA) is 69.7 Å². The first-order chi connectivity index (χ1) is 10.6. The van der Waals surface area contributed by atoms with Crippen LogP contribution in [0.15, 0.2) is 23.1 Å². The van der Waals surface area contributed by atoms with Crippen LogP contribution in [0.3, 0.4) is 0 Å². The van der Waals surface area contributed by atoms with Crippen LogP contribution in [0.1, 0.15) is 26.7 Å². The molecule has 0 saturated carbocycles. The van der Waals surface area contributed by atoms with Gasteiger partial charge in [0.25, 0.3) is 0 Å². The molecular formula is C16H27N3O3S. The number of rotatable bonds is 7. The van der Waals surface area contributed by atoms with Gasteiger partial charge in [0.05, 0.1) is 16.3 Å².